The second-order valence-electron chi connectivity index (χ2n) is 7.64. The minimum Gasteiger partial charge on any atom is -0.492 e. The molecule has 1 heterocycles. The quantitative estimate of drug-likeness (QED) is 0.364. The Hall–Kier alpha value is -3.06. The molecule has 3 rings (SSSR count). The summed E-state index contributed by atoms with van der Waals surface area (Å²) in [5.41, 5.74) is 8.76. The molecule has 3 N–H and O–H groups in total. The van der Waals surface area contributed by atoms with Crippen molar-refractivity contribution >= 4 is 17.4 Å². The molecule has 0 radical (unpaired) electrons. The highest BCUT2D eigenvalue weighted by Gasteiger charge is 2.18. The predicted octanol–water partition coefficient (Wildman–Crippen LogP) is 3.74. The summed E-state index contributed by atoms with van der Waals surface area (Å²) < 4.78 is 5.54. The van der Waals surface area contributed by atoms with Crippen molar-refractivity contribution in [3.05, 3.63) is 59.7 Å². The zero-order chi connectivity index (χ0) is 22.1. The number of oxime groups is 1. The van der Waals surface area contributed by atoms with Gasteiger partial charge in [0.2, 0.25) is 6.10 Å². The van der Waals surface area contributed by atoms with Gasteiger partial charge in [0, 0.05) is 12.1 Å². The van der Waals surface area contributed by atoms with E-state index < -0.39 is 6.10 Å². The van der Waals surface area contributed by atoms with Crippen LogP contribution in [0.2, 0.25) is 0 Å². The van der Waals surface area contributed by atoms with Gasteiger partial charge in [-0.1, -0.05) is 48.0 Å². The lowest BCUT2D eigenvalue weighted by molar-refractivity contribution is -0.126. The molecule has 31 heavy (non-hydrogen) atoms. The standard InChI is InChI=1S/C24H32N4O3/c1-3-30-22-14-8-7-13-21(22)26-24(29)18(2)31-27-23(25)20-12-6-5-11-19(20)17-28-15-9-4-10-16-28/h5-8,11-14,18H,3-4,9-10,15-17H2,1-2H3,(H2,25,27)(H,26,29). The molecule has 1 atom stereocenters. The van der Waals surface area contributed by atoms with Crippen LogP contribution < -0.4 is 15.8 Å². The normalized spacial score (nSPS) is 15.9. The fraction of sp³-hybridized carbons (Fsp3) is 0.417. The molecule has 1 aliphatic rings. The average Bonchev–Trinajstić information content (AvgIpc) is 2.79. The van der Waals surface area contributed by atoms with E-state index in [1.807, 2.05) is 37.3 Å². The Balaban J connectivity index is 1.63. The summed E-state index contributed by atoms with van der Waals surface area (Å²) in [6.07, 6.45) is 2.94. The fourth-order valence-electron chi connectivity index (χ4n) is 3.59. The number of ether oxygens (including phenoxy) is 1. The Morgan fingerprint density at radius 1 is 1.13 bits per heavy atom. The van der Waals surface area contributed by atoms with E-state index in [1.54, 1.807) is 19.1 Å². The molecule has 0 saturated carbocycles. The Kier molecular flexibility index (Phi) is 8.29. The number of anilines is 1. The molecule has 1 aliphatic heterocycles. The number of likely N-dealkylation sites (tertiary alicyclic amines) is 1. The number of benzene rings is 2. The van der Waals surface area contributed by atoms with E-state index in [0.717, 1.165) is 30.8 Å². The van der Waals surface area contributed by atoms with E-state index in [-0.39, 0.29) is 11.7 Å². The van der Waals surface area contributed by atoms with Crippen LogP contribution in [0.15, 0.2) is 53.7 Å². The number of para-hydroxylation sites is 2. The van der Waals surface area contributed by atoms with Crippen molar-refractivity contribution in [2.45, 2.75) is 45.8 Å². The smallest absolute Gasteiger partial charge is 0.268 e. The average molecular weight is 425 g/mol. The lowest BCUT2D eigenvalue weighted by atomic mass is 10.0. The number of hydrogen-bond donors (Lipinski definition) is 2. The van der Waals surface area contributed by atoms with E-state index in [1.165, 1.54) is 19.3 Å². The van der Waals surface area contributed by atoms with Crippen LogP contribution in [-0.4, -0.2) is 42.4 Å². The highest BCUT2D eigenvalue weighted by atomic mass is 16.6. The number of nitrogens with one attached hydrogen (secondary N) is 1. The molecular weight excluding hydrogens is 392 g/mol. The number of hydrogen-bond acceptors (Lipinski definition) is 5. The lowest BCUT2D eigenvalue weighted by Gasteiger charge is -2.27. The van der Waals surface area contributed by atoms with Crippen LogP contribution in [0.5, 0.6) is 5.75 Å². The summed E-state index contributed by atoms with van der Waals surface area (Å²) in [6, 6.07) is 15.2. The molecule has 2 aromatic rings. The van der Waals surface area contributed by atoms with Crippen molar-refractivity contribution < 1.29 is 14.4 Å². The van der Waals surface area contributed by atoms with Gasteiger partial charge in [0.25, 0.3) is 5.91 Å². The van der Waals surface area contributed by atoms with Crippen molar-refractivity contribution in [3.8, 4) is 5.75 Å². The Morgan fingerprint density at radius 2 is 1.84 bits per heavy atom. The summed E-state index contributed by atoms with van der Waals surface area (Å²) >= 11 is 0. The van der Waals surface area contributed by atoms with Gasteiger partial charge in [-0.2, -0.15) is 0 Å². The highest BCUT2D eigenvalue weighted by Crippen LogP contribution is 2.24. The SMILES string of the molecule is CCOc1ccccc1NC(=O)C(C)ON=C(N)c1ccccc1CN1CCCCC1. The van der Waals surface area contributed by atoms with Crippen LogP contribution >= 0.6 is 0 Å². The van der Waals surface area contributed by atoms with Gasteiger partial charge >= 0.3 is 0 Å². The number of carbonyl (C=O) groups excluding carboxylic acids is 1. The van der Waals surface area contributed by atoms with E-state index in [0.29, 0.717) is 18.0 Å². The monoisotopic (exact) mass is 424 g/mol. The van der Waals surface area contributed by atoms with Gasteiger partial charge < -0.3 is 20.6 Å². The summed E-state index contributed by atoms with van der Waals surface area (Å²) in [5, 5.41) is 6.87. The van der Waals surface area contributed by atoms with Gasteiger partial charge in [-0.25, -0.2) is 0 Å². The molecule has 0 aromatic heterocycles. The van der Waals surface area contributed by atoms with Crippen LogP contribution in [0.25, 0.3) is 0 Å². The maximum atomic E-state index is 12.5. The second-order valence-corrected chi connectivity index (χ2v) is 7.64. The minimum atomic E-state index is -0.817. The van der Waals surface area contributed by atoms with Crippen molar-refractivity contribution in [2.75, 3.05) is 25.0 Å². The number of amidine groups is 1. The highest BCUT2D eigenvalue weighted by molar-refractivity contribution is 5.99. The van der Waals surface area contributed by atoms with Crippen LogP contribution in [-0.2, 0) is 16.2 Å². The van der Waals surface area contributed by atoms with E-state index in [4.69, 9.17) is 15.3 Å². The van der Waals surface area contributed by atoms with Crippen LogP contribution in [0.3, 0.4) is 0 Å². The second kappa shape index (κ2) is 11.4. The third kappa shape index (κ3) is 6.46. The molecule has 166 valence electrons. The van der Waals surface area contributed by atoms with Gasteiger partial charge in [-0.3, -0.25) is 9.69 Å². The van der Waals surface area contributed by atoms with Crippen molar-refractivity contribution in [1.82, 2.24) is 4.90 Å². The third-order valence-corrected chi connectivity index (χ3v) is 5.26. The van der Waals surface area contributed by atoms with Crippen LogP contribution in [0.1, 0.15) is 44.2 Å². The molecule has 0 aliphatic carbocycles. The minimum absolute atomic E-state index is 0.266. The maximum absolute atomic E-state index is 12.5. The van der Waals surface area contributed by atoms with Crippen LogP contribution in [0.4, 0.5) is 5.69 Å². The number of carbonyl (C=O) groups is 1. The van der Waals surface area contributed by atoms with Crippen molar-refractivity contribution in [3.63, 3.8) is 0 Å². The molecular formula is C24H32N4O3. The summed E-state index contributed by atoms with van der Waals surface area (Å²) in [4.78, 5) is 20.4. The van der Waals surface area contributed by atoms with Gasteiger partial charge in [-0.05, 0) is 57.5 Å². The number of piperidine rings is 1. The van der Waals surface area contributed by atoms with Gasteiger partial charge in [0.1, 0.15) is 5.75 Å². The number of nitrogens with two attached hydrogens (primary N) is 1. The maximum Gasteiger partial charge on any atom is 0.268 e. The van der Waals surface area contributed by atoms with E-state index in [9.17, 15) is 4.79 Å². The first-order valence-corrected chi connectivity index (χ1v) is 10.9. The molecule has 0 spiro atoms. The predicted molar refractivity (Wildman–Crippen MR) is 123 cm³/mol. The molecule has 1 unspecified atom stereocenters. The molecule has 1 saturated heterocycles. The summed E-state index contributed by atoms with van der Waals surface area (Å²) in [5.74, 6) is 0.549. The summed E-state index contributed by atoms with van der Waals surface area (Å²) in [6.45, 7) is 7.07. The first kappa shape index (κ1) is 22.6. The van der Waals surface area contributed by atoms with Gasteiger partial charge in [0.05, 0.1) is 12.3 Å². The zero-order valence-electron chi connectivity index (χ0n) is 18.3. The van der Waals surface area contributed by atoms with Crippen molar-refractivity contribution in [1.29, 1.82) is 0 Å². The molecule has 1 fully saturated rings. The number of nitrogens with zero attached hydrogens (tertiary/aromatic N) is 2. The summed E-state index contributed by atoms with van der Waals surface area (Å²) in [7, 11) is 0. The molecule has 7 nitrogen and oxygen atoms in total. The lowest BCUT2D eigenvalue weighted by Crippen LogP contribution is -2.30. The van der Waals surface area contributed by atoms with Crippen molar-refractivity contribution in [2.24, 2.45) is 10.9 Å². The number of rotatable bonds is 9. The zero-order valence-corrected chi connectivity index (χ0v) is 18.3. The van der Waals surface area contributed by atoms with Gasteiger partial charge in [0.15, 0.2) is 5.84 Å². The Labute approximate surface area is 184 Å². The first-order chi connectivity index (χ1) is 15.1. The first-order valence-electron chi connectivity index (χ1n) is 10.9. The van der Waals surface area contributed by atoms with Crippen LogP contribution in [0, 0.1) is 0 Å². The number of amides is 1. The molecule has 1 amide bonds. The van der Waals surface area contributed by atoms with Gasteiger partial charge in [-0.15, -0.1) is 0 Å². The Morgan fingerprint density at radius 3 is 2.61 bits per heavy atom. The molecule has 7 heteroatoms. The molecule has 0 bridgehead atoms. The Bertz CT molecular complexity index is 894. The van der Waals surface area contributed by atoms with E-state index in [2.05, 4.69) is 21.4 Å². The third-order valence-electron chi connectivity index (χ3n) is 5.26. The topological polar surface area (TPSA) is 89.2 Å². The molecule has 2 aromatic carbocycles. The largest absolute Gasteiger partial charge is 0.492 e. The fourth-order valence-corrected chi connectivity index (χ4v) is 3.59. The van der Waals surface area contributed by atoms with E-state index >= 15 is 0 Å².